The summed E-state index contributed by atoms with van der Waals surface area (Å²) < 4.78 is 40.9. The van der Waals surface area contributed by atoms with Gasteiger partial charge in [0.25, 0.3) is 0 Å². The van der Waals surface area contributed by atoms with Gasteiger partial charge in [-0.3, -0.25) is 0 Å². The Balaban J connectivity index is 0.00000210. The van der Waals surface area contributed by atoms with E-state index in [4.69, 9.17) is 5.73 Å². The fourth-order valence-electron chi connectivity index (χ4n) is 3.26. The third kappa shape index (κ3) is 3.78. The van der Waals surface area contributed by atoms with Gasteiger partial charge in [-0.2, -0.15) is 11.3 Å². The van der Waals surface area contributed by atoms with E-state index < -0.39 is 29.4 Å². The highest BCUT2D eigenvalue weighted by molar-refractivity contribution is 7.08. The number of halogens is 4. The Hall–Kier alpha value is -2.16. The van der Waals surface area contributed by atoms with Crippen LogP contribution in [0.4, 0.5) is 19.0 Å². The van der Waals surface area contributed by atoms with Gasteiger partial charge in [0.15, 0.2) is 11.6 Å². The zero-order valence-corrected chi connectivity index (χ0v) is 15.6. The van der Waals surface area contributed by atoms with E-state index in [1.165, 1.54) is 6.33 Å². The summed E-state index contributed by atoms with van der Waals surface area (Å²) in [5, 5.41) is 3.95. The highest BCUT2D eigenvalue weighted by atomic mass is 35.5. The summed E-state index contributed by atoms with van der Waals surface area (Å²) in [5.74, 6) is -2.85. The van der Waals surface area contributed by atoms with Gasteiger partial charge in [-0.05, 0) is 23.1 Å². The van der Waals surface area contributed by atoms with Crippen LogP contribution in [0.5, 0.6) is 0 Å². The van der Waals surface area contributed by atoms with Crippen LogP contribution in [0.2, 0.25) is 0 Å². The quantitative estimate of drug-likeness (QED) is 0.661. The minimum absolute atomic E-state index is 0. The second-order valence-corrected chi connectivity index (χ2v) is 7.02. The Labute approximate surface area is 164 Å². The fourth-order valence-corrected chi connectivity index (χ4v) is 3.90. The van der Waals surface area contributed by atoms with Gasteiger partial charge in [0.1, 0.15) is 18.0 Å². The van der Waals surface area contributed by atoms with Gasteiger partial charge in [-0.15, -0.1) is 12.4 Å². The van der Waals surface area contributed by atoms with E-state index in [1.807, 2.05) is 27.8 Å². The topological polar surface area (TPSA) is 55.0 Å². The maximum absolute atomic E-state index is 14.1. The van der Waals surface area contributed by atoms with Crippen molar-refractivity contribution in [2.24, 2.45) is 5.73 Å². The summed E-state index contributed by atoms with van der Waals surface area (Å²) in [6, 6.07) is 4.86. The summed E-state index contributed by atoms with van der Waals surface area (Å²) in [5.41, 5.74) is 8.03. The molecule has 2 atom stereocenters. The van der Waals surface area contributed by atoms with E-state index >= 15 is 0 Å². The fraction of sp³-hybridized carbons (Fsp3) is 0.222. The third-order valence-electron chi connectivity index (χ3n) is 4.60. The van der Waals surface area contributed by atoms with Gasteiger partial charge in [0.05, 0.1) is 5.69 Å². The van der Waals surface area contributed by atoms with Gasteiger partial charge < -0.3 is 10.6 Å². The molecular formula is C18H16ClF3N4S. The molecule has 3 heterocycles. The Morgan fingerprint density at radius 3 is 2.56 bits per heavy atom. The average molecular weight is 413 g/mol. The average Bonchev–Trinajstić information content (AvgIpc) is 3.28. The second kappa shape index (κ2) is 7.84. The van der Waals surface area contributed by atoms with Crippen molar-refractivity contribution in [2.45, 2.75) is 12.0 Å². The van der Waals surface area contributed by atoms with Crippen molar-refractivity contribution in [1.29, 1.82) is 0 Å². The van der Waals surface area contributed by atoms with E-state index in [0.29, 0.717) is 25.0 Å². The van der Waals surface area contributed by atoms with Crippen LogP contribution in [-0.4, -0.2) is 29.1 Å². The molecule has 2 N–H and O–H groups in total. The van der Waals surface area contributed by atoms with E-state index in [-0.39, 0.29) is 18.0 Å². The smallest absolute Gasteiger partial charge is 0.161 e. The SMILES string of the molecule is Cl.NC1CN(c2cc(-c3ccsc3)ncn2)CC1c1cc(F)c(F)cc1F. The predicted molar refractivity (Wildman–Crippen MR) is 102 cm³/mol. The van der Waals surface area contributed by atoms with Crippen molar-refractivity contribution in [3.05, 3.63) is 64.4 Å². The van der Waals surface area contributed by atoms with Crippen LogP contribution in [0.15, 0.2) is 41.4 Å². The van der Waals surface area contributed by atoms with Crippen LogP contribution in [0.3, 0.4) is 0 Å². The molecule has 0 amide bonds. The molecule has 0 radical (unpaired) electrons. The molecule has 1 saturated heterocycles. The molecule has 27 heavy (non-hydrogen) atoms. The molecule has 4 nitrogen and oxygen atoms in total. The molecular weight excluding hydrogens is 397 g/mol. The number of aromatic nitrogens is 2. The van der Waals surface area contributed by atoms with Crippen LogP contribution in [0.1, 0.15) is 11.5 Å². The van der Waals surface area contributed by atoms with Crippen molar-refractivity contribution in [1.82, 2.24) is 9.97 Å². The summed E-state index contributed by atoms with van der Waals surface area (Å²) in [6.07, 6.45) is 1.47. The number of nitrogens with two attached hydrogens (primary N) is 1. The van der Waals surface area contributed by atoms with Gasteiger partial charge in [0.2, 0.25) is 0 Å². The van der Waals surface area contributed by atoms with Crippen molar-refractivity contribution in [3.8, 4) is 11.3 Å². The Morgan fingerprint density at radius 1 is 1.04 bits per heavy atom. The monoisotopic (exact) mass is 412 g/mol. The summed E-state index contributed by atoms with van der Waals surface area (Å²) >= 11 is 1.57. The number of anilines is 1. The Morgan fingerprint density at radius 2 is 1.81 bits per heavy atom. The summed E-state index contributed by atoms with van der Waals surface area (Å²) in [6.45, 7) is 0.798. The van der Waals surface area contributed by atoms with Gasteiger partial charge in [-0.1, -0.05) is 0 Å². The van der Waals surface area contributed by atoms with Gasteiger partial charge in [-0.25, -0.2) is 23.1 Å². The number of hydrogen-bond acceptors (Lipinski definition) is 5. The zero-order valence-electron chi connectivity index (χ0n) is 14.0. The maximum Gasteiger partial charge on any atom is 0.161 e. The lowest BCUT2D eigenvalue weighted by atomic mass is 9.94. The molecule has 1 fully saturated rings. The molecule has 142 valence electrons. The van der Waals surface area contributed by atoms with E-state index in [0.717, 1.165) is 17.3 Å². The highest BCUT2D eigenvalue weighted by Crippen LogP contribution is 2.33. The van der Waals surface area contributed by atoms with Gasteiger partial charge in [0, 0.05) is 48.1 Å². The van der Waals surface area contributed by atoms with Crippen LogP contribution in [0, 0.1) is 17.5 Å². The molecule has 3 aromatic rings. The molecule has 1 aromatic carbocycles. The molecule has 4 rings (SSSR count). The summed E-state index contributed by atoms with van der Waals surface area (Å²) in [7, 11) is 0. The van der Waals surface area contributed by atoms with Crippen molar-refractivity contribution >= 4 is 29.6 Å². The highest BCUT2D eigenvalue weighted by Gasteiger charge is 2.34. The largest absolute Gasteiger partial charge is 0.354 e. The Kier molecular flexibility index (Phi) is 5.69. The number of thiophene rings is 1. The minimum Gasteiger partial charge on any atom is -0.354 e. The lowest BCUT2D eigenvalue weighted by Gasteiger charge is -2.18. The first-order valence-electron chi connectivity index (χ1n) is 8.02. The normalized spacial score (nSPS) is 19.2. The van der Waals surface area contributed by atoms with E-state index in [9.17, 15) is 13.2 Å². The lowest BCUT2D eigenvalue weighted by Crippen LogP contribution is -2.29. The lowest BCUT2D eigenvalue weighted by molar-refractivity contribution is 0.482. The second-order valence-electron chi connectivity index (χ2n) is 6.24. The molecule has 1 aliphatic heterocycles. The molecule has 1 aliphatic rings. The van der Waals surface area contributed by atoms with Crippen molar-refractivity contribution < 1.29 is 13.2 Å². The summed E-state index contributed by atoms with van der Waals surface area (Å²) in [4.78, 5) is 10.5. The molecule has 0 saturated carbocycles. The standard InChI is InChI=1S/C18H15F3N4S.ClH/c19-13-4-15(21)14(20)3-11(13)12-6-25(7-16(12)22)18-5-17(23-9-24-18)10-1-2-26-8-10;/h1-5,8-9,12,16H,6-7,22H2;1H. The number of hydrogen-bond donors (Lipinski definition) is 1. The first-order valence-corrected chi connectivity index (χ1v) is 8.97. The first-order chi connectivity index (χ1) is 12.5. The molecule has 0 aliphatic carbocycles. The molecule has 2 unspecified atom stereocenters. The van der Waals surface area contributed by atoms with Crippen molar-refractivity contribution in [3.63, 3.8) is 0 Å². The molecule has 0 bridgehead atoms. The maximum atomic E-state index is 14.1. The molecule has 9 heteroatoms. The first kappa shape index (κ1) is 19.6. The van der Waals surface area contributed by atoms with Crippen LogP contribution in [0.25, 0.3) is 11.3 Å². The molecule has 2 aromatic heterocycles. The van der Waals surface area contributed by atoms with Crippen LogP contribution >= 0.6 is 23.7 Å². The third-order valence-corrected chi connectivity index (χ3v) is 5.28. The number of rotatable bonds is 3. The molecule has 0 spiro atoms. The van der Waals surface area contributed by atoms with Crippen LogP contribution in [-0.2, 0) is 0 Å². The van der Waals surface area contributed by atoms with Crippen LogP contribution < -0.4 is 10.6 Å². The van der Waals surface area contributed by atoms with Gasteiger partial charge >= 0.3 is 0 Å². The minimum atomic E-state index is -1.20. The zero-order chi connectivity index (χ0) is 18.3. The predicted octanol–water partition coefficient (Wildman–Crippen LogP) is 3.98. The Bertz CT molecular complexity index is 938. The van der Waals surface area contributed by atoms with E-state index in [2.05, 4.69) is 9.97 Å². The number of nitrogens with zero attached hydrogens (tertiary/aromatic N) is 3. The number of benzene rings is 1. The van der Waals surface area contributed by atoms with Crippen molar-refractivity contribution in [2.75, 3.05) is 18.0 Å². The van der Waals surface area contributed by atoms with E-state index in [1.54, 1.807) is 11.3 Å².